The highest BCUT2D eigenvalue weighted by molar-refractivity contribution is 6.05. The molecule has 3 amide bonds. The Bertz CT molecular complexity index is 1290. The second kappa shape index (κ2) is 9.34. The molecule has 1 aliphatic heterocycles. The number of hydrogen-bond acceptors (Lipinski definition) is 4. The fourth-order valence-corrected chi connectivity index (χ4v) is 4.26. The molecule has 0 unspecified atom stereocenters. The minimum absolute atomic E-state index is 0.0330. The van der Waals surface area contributed by atoms with E-state index in [1.54, 1.807) is 36.4 Å². The first-order valence-corrected chi connectivity index (χ1v) is 10.7. The molecule has 3 aromatic rings. The lowest BCUT2D eigenvalue weighted by Crippen LogP contribution is -2.43. The van der Waals surface area contributed by atoms with Crippen LogP contribution in [-0.2, 0) is 11.2 Å². The minimum Gasteiger partial charge on any atom is -0.478 e. The fraction of sp³-hybridized carbons (Fsp3) is 0.250. The summed E-state index contributed by atoms with van der Waals surface area (Å²) in [6.07, 6.45) is 0.243. The Kier molecular flexibility index (Phi) is 6.31. The smallest absolute Gasteiger partial charge is 0.335 e. The topological polar surface area (TPSA) is 135 Å². The largest absolute Gasteiger partial charge is 0.478 e. The van der Waals surface area contributed by atoms with E-state index >= 15 is 0 Å². The second-order valence-electron chi connectivity index (χ2n) is 8.17. The molecule has 0 saturated carbocycles. The van der Waals surface area contributed by atoms with Crippen LogP contribution < -0.4 is 11.1 Å². The molecule has 1 fully saturated rings. The van der Waals surface area contributed by atoms with Gasteiger partial charge in [0.15, 0.2) is 5.78 Å². The number of rotatable bonds is 6. The van der Waals surface area contributed by atoms with Gasteiger partial charge in [0, 0.05) is 24.4 Å². The summed E-state index contributed by atoms with van der Waals surface area (Å²) in [7, 11) is 0. The number of para-hydroxylation sites is 1. The van der Waals surface area contributed by atoms with Gasteiger partial charge in [0.25, 0.3) is 0 Å². The average Bonchev–Trinajstić information content (AvgIpc) is 3.39. The van der Waals surface area contributed by atoms with Gasteiger partial charge in [0.2, 0.25) is 0 Å². The molecule has 1 saturated heterocycles. The number of carbonyl (C=O) groups is 4. The quantitative estimate of drug-likeness (QED) is 0.512. The molecule has 4 N–H and O–H groups in total. The van der Waals surface area contributed by atoms with Crippen molar-refractivity contribution in [2.45, 2.75) is 31.5 Å². The van der Waals surface area contributed by atoms with E-state index in [2.05, 4.69) is 5.32 Å². The van der Waals surface area contributed by atoms with Gasteiger partial charge >= 0.3 is 18.0 Å². The van der Waals surface area contributed by atoms with Crippen LogP contribution in [0.5, 0.6) is 0 Å². The highest BCUT2D eigenvalue weighted by Crippen LogP contribution is 2.28. The molecule has 1 aliphatic rings. The molecular formula is C24H23FN4O5. The Morgan fingerprint density at radius 3 is 2.62 bits per heavy atom. The number of benzene rings is 2. The molecule has 176 valence electrons. The first-order chi connectivity index (χ1) is 16.2. The Morgan fingerprint density at radius 1 is 1.12 bits per heavy atom. The Morgan fingerprint density at radius 2 is 1.88 bits per heavy atom. The molecule has 0 aliphatic carbocycles. The molecule has 0 bridgehead atoms. The predicted octanol–water partition coefficient (Wildman–Crippen LogP) is 3.41. The number of carboxylic acids is 1. The Balaban J connectivity index is 1.48. The lowest BCUT2D eigenvalue weighted by molar-refractivity contribution is -0.122. The molecule has 2 heterocycles. The summed E-state index contributed by atoms with van der Waals surface area (Å²) in [5.74, 6) is -1.37. The normalized spacial score (nSPS) is 17.6. The standard InChI is InChI=1S/C24H23FN4O5/c25-16-11-20(21(30)9-8-14-4-3-5-15(10-14)22(31)32)29(12-16)24(34)27-18-13-28(23(26)33)19-7-2-1-6-17(18)19/h1-7,10,13,16,20H,8-9,11-12H2,(H2,26,33)(H,27,34)(H,31,32)/t16-,20+/m1/s1. The van der Waals surface area contributed by atoms with Crippen LogP contribution in [-0.4, -0.2) is 57.1 Å². The van der Waals surface area contributed by atoms with Crippen LogP contribution >= 0.6 is 0 Å². The number of primary amides is 1. The summed E-state index contributed by atoms with van der Waals surface area (Å²) in [4.78, 5) is 49.9. The lowest BCUT2D eigenvalue weighted by atomic mass is 10.0. The number of carboxylic acid groups (broad SMARTS) is 1. The third-order valence-corrected chi connectivity index (χ3v) is 5.91. The van der Waals surface area contributed by atoms with E-state index in [9.17, 15) is 23.6 Å². The van der Waals surface area contributed by atoms with Crippen LogP contribution in [0.25, 0.3) is 10.9 Å². The number of alkyl halides is 1. The van der Waals surface area contributed by atoms with Crippen molar-refractivity contribution in [1.29, 1.82) is 0 Å². The Hall–Kier alpha value is -4.21. The van der Waals surface area contributed by atoms with Gasteiger partial charge in [-0.3, -0.25) is 9.36 Å². The van der Waals surface area contributed by atoms with E-state index in [4.69, 9.17) is 10.8 Å². The molecule has 0 radical (unpaired) electrons. The SMILES string of the molecule is NC(=O)n1cc(NC(=O)N2C[C@H](F)C[C@H]2C(=O)CCc2cccc(C(=O)O)c2)c2ccccc21. The number of hydrogen-bond donors (Lipinski definition) is 3. The van der Waals surface area contributed by atoms with Crippen molar-refractivity contribution in [3.8, 4) is 0 Å². The number of fused-ring (bicyclic) bond motifs is 1. The van der Waals surface area contributed by atoms with Gasteiger partial charge in [-0.2, -0.15) is 0 Å². The predicted molar refractivity (Wildman–Crippen MR) is 123 cm³/mol. The van der Waals surface area contributed by atoms with Gasteiger partial charge in [-0.15, -0.1) is 0 Å². The number of halogens is 1. The summed E-state index contributed by atoms with van der Waals surface area (Å²) in [5, 5.41) is 12.4. The average molecular weight is 466 g/mol. The first-order valence-electron chi connectivity index (χ1n) is 10.7. The summed E-state index contributed by atoms with van der Waals surface area (Å²) in [5.41, 5.74) is 7.01. The molecule has 10 heteroatoms. The number of aryl methyl sites for hydroxylation is 1. The fourth-order valence-electron chi connectivity index (χ4n) is 4.26. The maximum Gasteiger partial charge on any atom is 0.335 e. The molecule has 2 aromatic carbocycles. The van der Waals surface area contributed by atoms with E-state index in [1.807, 2.05) is 0 Å². The van der Waals surface area contributed by atoms with Gasteiger partial charge in [0.1, 0.15) is 6.17 Å². The highest BCUT2D eigenvalue weighted by atomic mass is 19.1. The van der Waals surface area contributed by atoms with Crippen LogP contribution in [0.15, 0.2) is 54.7 Å². The number of urea groups is 1. The molecule has 2 atom stereocenters. The second-order valence-corrected chi connectivity index (χ2v) is 8.17. The summed E-state index contributed by atoms with van der Waals surface area (Å²) >= 11 is 0. The van der Waals surface area contributed by atoms with Crippen molar-refractivity contribution in [1.82, 2.24) is 9.47 Å². The van der Waals surface area contributed by atoms with Crippen molar-refractivity contribution in [2.24, 2.45) is 5.73 Å². The summed E-state index contributed by atoms with van der Waals surface area (Å²) in [6, 6.07) is 10.8. The third-order valence-electron chi connectivity index (χ3n) is 5.91. The van der Waals surface area contributed by atoms with Gasteiger partial charge < -0.3 is 21.1 Å². The third kappa shape index (κ3) is 4.61. The number of ketones is 1. The van der Waals surface area contributed by atoms with E-state index < -0.39 is 30.2 Å². The zero-order valence-electron chi connectivity index (χ0n) is 18.1. The van der Waals surface area contributed by atoms with Crippen molar-refractivity contribution in [3.63, 3.8) is 0 Å². The van der Waals surface area contributed by atoms with E-state index in [-0.39, 0.29) is 37.2 Å². The van der Waals surface area contributed by atoms with Crippen LogP contribution in [0.3, 0.4) is 0 Å². The number of aromatic carboxylic acids is 1. The van der Waals surface area contributed by atoms with Crippen LogP contribution in [0.1, 0.15) is 28.8 Å². The number of amides is 3. The molecule has 34 heavy (non-hydrogen) atoms. The number of likely N-dealkylation sites (tertiary alicyclic amines) is 1. The number of Topliss-reactive ketones (excluding diaryl/α,β-unsaturated/α-hetero) is 1. The Labute approximate surface area is 193 Å². The molecule has 1 aromatic heterocycles. The van der Waals surface area contributed by atoms with Crippen molar-refractivity contribution < 1.29 is 28.7 Å². The number of anilines is 1. The van der Waals surface area contributed by atoms with E-state index in [0.717, 1.165) is 4.90 Å². The summed E-state index contributed by atoms with van der Waals surface area (Å²) < 4.78 is 15.4. The highest BCUT2D eigenvalue weighted by Gasteiger charge is 2.39. The van der Waals surface area contributed by atoms with Crippen LogP contribution in [0.2, 0.25) is 0 Å². The van der Waals surface area contributed by atoms with Gasteiger partial charge in [-0.1, -0.05) is 30.3 Å². The van der Waals surface area contributed by atoms with Crippen molar-refractivity contribution in [3.05, 3.63) is 65.9 Å². The van der Waals surface area contributed by atoms with Crippen LogP contribution in [0, 0.1) is 0 Å². The maximum atomic E-state index is 14.2. The molecular weight excluding hydrogens is 443 g/mol. The van der Waals surface area contributed by atoms with E-state index in [1.165, 1.54) is 22.9 Å². The number of nitrogens with zero attached hydrogens (tertiary/aromatic N) is 2. The number of nitrogens with one attached hydrogen (secondary N) is 1. The number of carbonyl (C=O) groups excluding carboxylic acids is 3. The van der Waals surface area contributed by atoms with E-state index in [0.29, 0.717) is 22.2 Å². The minimum atomic E-state index is -1.35. The van der Waals surface area contributed by atoms with Gasteiger partial charge in [0.05, 0.1) is 29.4 Å². The zero-order chi connectivity index (χ0) is 24.4. The molecule has 9 nitrogen and oxygen atoms in total. The molecule has 4 rings (SSSR count). The maximum absolute atomic E-state index is 14.2. The van der Waals surface area contributed by atoms with Gasteiger partial charge in [-0.25, -0.2) is 18.8 Å². The van der Waals surface area contributed by atoms with Crippen molar-refractivity contribution >= 4 is 40.4 Å². The first kappa shape index (κ1) is 23.0. The zero-order valence-corrected chi connectivity index (χ0v) is 18.1. The van der Waals surface area contributed by atoms with Gasteiger partial charge in [-0.05, 0) is 30.2 Å². The van der Waals surface area contributed by atoms with Crippen LogP contribution in [0.4, 0.5) is 19.7 Å². The number of nitrogens with two attached hydrogens (primary N) is 1. The molecule has 0 spiro atoms. The number of aromatic nitrogens is 1. The monoisotopic (exact) mass is 466 g/mol. The van der Waals surface area contributed by atoms with Crippen molar-refractivity contribution in [2.75, 3.05) is 11.9 Å². The summed E-state index contributed by atoms with van der Waals surface area (Å²) in [6.45, 7) is -0.231. The lowest BCUT2D eigenvalue weighted by Gasteiger charge is -2.23.